The van der Waals surface area contributed by atoms with Crippen LogP contribution in [0, 0.1) is 6.57 Å². The zero-order valence-corrected chi connectivity index (χ0v) is 16.2. The molecule has 1 aliphatic heterocycles. The molecule has 1 unspecified atom stereocenters. The van der Waals surface area contributed by atoms with E-state index in [0.29, 0.717) is 12.1 Å². The number of carbonyl (C=O) groups is 1. The first-order chi connectivity index (χ1) is 14.2. The monoisotopic (exact) mass is 381 g/mol. The maximum absolute atomic E-state index is 12.6. The third kappa shape index (κ3) is 4.64. The van der Waals surface area contributed by atoms with Crippen molar-refractivity contribution in [2.75, 3.05) is 11.4 Å². The summed E-state index contributed by atoms with van der Waals surface area (Å²) in [5, 5.41) is 3.20. The second kappa shape index (κ2) is 8.62. The average molecular weight is 381 g/mol. The van der Waals surface area contributed by atoms with Crippen LogP contribution in [0.25, 0.3) is 4.85 Å². The maximum atomic E-state index is 12.6. The van der Waals surface area contributed by atoms with Crippen LogP contribution in [0.3, 0.4) is 0 Å². The first kappa shape index (κ1) is 18.8. The van der Waals surface area contributed by atoms with Crippen molar-refractivity contribution >= 4 is 17.3 Å². The lowest BCUT2D eigenvalue weighted by atomic mass is 9.96. The summed E-state index contributed by atoms with van der Waals surface area (Å²) in [4.78, 5) is 18.5. The van der Waals surface area contributed by atoms with Gasteiger partial charge in [-0.15, -0.1) is 0 Å². The minimum atomic E-state index is 0.0170. The first-order valence-electron chi connectivity index (χ1n) is 9.84. The van der Waals surface area contributed by atoms with Crippen molar-refractivity contribution in [3.8, 4) is 0 Å². The van der Waals surface area contributed by atoms with Crippen molar-refractivity contribution in [2.45, 2.75) is 25.4 Å². The van der Waals surface area contributed by atoms with Crippen LogP contribution < -0.4 is 10.2 Å². The molecule has 0 bridgehead atoms. The minimum absolute atomic E-state index is 0.0170. The molecule has 4 nitrogen and oxygen atoms in total. The van der Waals surface area contributed by atoms with Crippen LogP contribution in [0.5, 0.6) is 0 Å². The van der Waals surface area contributed by atoms with Crippen LogP contribution in [0.15, 0.2) is 78.9 Å². The third-order valence-electron chi connectivity index (χ3n) is 5.23. The Morgan fingerprint density at radius 2 is 1.69 bits per heavy atom. The predicted molar refractivity (Wildman–Crippen MR) is 116 cm³/mol. The van der Waals surface area contributed by atoms with Crippen molar-refractivity contribution in [1.82, 2.24) is 5.32 Å². The van der Waals surface area contributed by atoms with E-state index in [1.54, 1.807) is 0 Å². The van der Waals surface area contributed by atoms with E-state index < -0.39 is 0 Å². The van der Waals surface area contributed by atoms with E-state index in [1.165, 1.54) is 5.56 Å². The Balaban J connectivity index is 1.53. The quantitative estimate of drug-likeness (QED) is 0.660. The van der Waals surface area contributed by atoms with Crippen LogP contribution in [-0.4, -0.2) is 18.5 Å². The summed E-state index contributed by atoms with van der Waals surface area (Å²) in [5.41, 5.74) is 5.14. The summed E-state index contributed by atoms with van der Waals surface area (Å²) < 4.78 is 0. The number of anilines is 1. The van der Waals surface area contributed by atoms with Crippen molar-refractivity contribution in [2.24, 2.45) is 0 Å². The van der Waals surface area contributed by atoms with Crippen molar-refractivity contribution in [3.63, 3.8) is 0 Å². The standard InChI is InChI=1S/C25H23N3O/c1-26-22-12-13-24-21(15-22)16-23(18-28(24)17-20-10-6-3-7-11-20)27-25(29)14-19-8-4-2-5-9-19/h2-13,15,23H,14,16-18H2,(H,27,29). The Bertz CT molecular complexity index is 1020. The summed E-state index contributed by atoms with van der Waals surface area (Å²) >= 11 is 0. The number of rotatable bonds is 5. The first-order valence-corrected chi connectivity index (χ1v) is 9.84. The van der Waals surface area contributed by atoms with Gasteiger partial charge >= 0.3 is 0 Å². The number of amides is 1. The fraction of sp³-hybridized carbons (Fsp3) is 0.200. The number of carbonyl (C=O) groups excluding carboxylic acids is 1. The molecule has 1 N–H and O–H groups in total. The lowest BCUT2D eigenvalue weighted by Crippen LogP contribution is -2.48. The van der Waals surface area contributed by atoms with Gasteiger partial charge in [0.25, 0.3) is 0 Å². The molecule has 3 aromatic rings. The number of fused-ring (bicyclic) bond motifs is 1. The number of hydrogen-bond acceptors (Lipinski definition) is 2. The van der Waals surface area contributed by atoms with E-state index in [0.717, 1.165) is 36.3 Å². The molecule has 0 radical (unpaired) electrons. The van der Waals surface area contributed by atoms with Gasteiger partial charge in [0.05, 0.1) is 19.0 Å². The summed E-state index contributed by atoms with van der Waals surface area (Å²) in [6.45, 7) is 8.84. The van der Waals surface area contributed by atoms with Crippen molar-refractivity contribution in [1.29, 1.82) is 0 Å². The number of nitrogens with one attached hydrogen (secondary N) is 1. The Labute approximate surface area is 171 Å². The number of nitrogens with zero attached hydrogens (tertiary/aromatic N) is 2. The van der Waals surface area contributed by atoms with Gasteiger partial charge in [0.15, 0.2) is 5.69 Å². The topological polar surface area (TPSA) is 36.7 Å². The molecule has 1 atom stereocenters. The largest absolute Gasteiger partial charge is 0.365 e. The molecule has 0 fully saturated rings. The lowest BCUT2D eigenvalue weighted by molar-refractivity contribution is -0.121. The zero-order valence-electron chi connectivity index (χ0n) is 16.2. The number of benzene rings is 3. The average Bonchev–Trinajstić information content (AvgIpc) is 2.74. The zero-order chi connectivity index (χ0) is 20.1. The number of hydrogen-bond donors (Lipinski definition) is 1. The smallest absolute Gasteiger partial charge is 0.224 e. The Kier molecular flexibility index (Phi) is 5.58. The van der Waals surface area contributed by atoms with Gasteiger partial charge in [-0.05, 0) is 29.2 Å². The second-order valence-corrected chi connectivity index (χ2v) is 7.42. The van der Waals surface area contributed by atoms with Gasteiger partial charge in [0.1, 0.15) is 0 Å². The highest BCUT2D eigenvalue weighted by Gasteiger charge is 2.26. The van der Waals surface area contributed by atoms with E-state index in [1.807, 2.05) is 66.7 Å². The molecule has 29 heavy (non-hydrogen) atoms. The van der Waals surface area contributed by atoms with Gasteiger partial charge in [-0.2, -0.15) is 0 Å². The molecular formula is C25H23N3O. The van der Waals surface area contributed by atoms with Gasteiger partial charge in [0, 0.05) is 18.8 Å². The molecule has 3 aromatic carbocycles. The minimum Gasteiger partial charge on any atom is -0.365 e. The lowest BCUT2D eigenvalue weighted by Gasteiger charge is -2.37. The highest BCUT2D eigenvalue weighted by Crippen LogP contribution is 2.32. The molecule has 0 aliphatic carbocycles. The van der Waals surface area contributed by atoms with E-state index in [9.17, 15) is 4.79 Å². The molecule has 144 valence electrons. The highest BCUT2D eigenvalue weighted by molar-refractivity contribution is 5.79. The predicted octanol–water partition coefficient (Wildman–Crippen LogP) is 4.53. The van der Waals surface area contributed by atoms with E-state index >= 15 is 0 Å². The molecule has 1 aliphatic rings. The van der Waals surface area contributed by atoms with Gasteiger partial charge in [0.2, 0.25) is 5.91 Å². The molecule has 0 saturated heterocycles. The van der Waals surface area contributed by atoms with Crippen molar-refractivity contribution in [3.05, 3.63) is 107 Å². The molecule has 4 rings (SSSR count). The normalized spacial score (nSPS) is 15.3. The molecule has 0 spiro atoms. The Morgan fingerprint density at radius 3 is 2.38 bits per heavy atom. The summed E-state index contributed by atoms with van der Waals surface area (Å²) in [7, 11) is 0. The van der Waals surface area contributed by atoms with Crippen LogP contribution in [-0.2, 0) is 24.2 Å². The van der Waals surface area contributed by atoms with Gasteiger partial charge in [-0.25, -0.2) is 4.85 Å². The fourth-order valence-electron chi connectivity index (χ4n) is 3.92. The molecule has 1 heterocycles. The summed E-state index contributed by atoms with van der Waals surface area (Å²) in [6.07, 6.45) is 1.12. The maximum Gasteiger partial charge on any atom is 0.224 e. The van der Waals surface area contributed by atoms with E-state index in [-0.39, 0.29) is 11.9 Å². The summed E-state index contributed by atoms with van der Waals surface area (Å²) in [5.74, 6) is 0.0330. The SMILES string of the molecule is [C-]#[N+]c1ccc2c(c1)CC(NC(=O)Cc1ccccc1)CN2Cc1ccccc1. The molecule has 4 heteroatoms. The third-order valence-corrected chi connectivity index (χ3v) is 5.23. The van der Waals surface area contributed by atoms with Gasteiger partial charge < -0.3 is 10.2 Å². The summed E-state index contributed by atoms with van der Waals surface area (Å²) in [6, 6.07) is 26.0. The fourth-order valence-corrected chi connectivity index (χ4v) is 3.92. The van der Waals surface area contributed by atoms with E-state index in [2.05, 4.69) is 27.2 Å². The van der Waals surface area contributed by atoms with Gasteiger partial charge in [-0.1, -0.05) is 72.8 Å². The highest BCUT2D eigenvalue weighted by atomic mass is 16.1. The molecule has 1 amide bonds. The van der Waals surface area contributed by atoms with Crippen LogP contribution in [0.1, 0.15) is 16.7 Å². The van der Waals surface area contributed by atoms with Gasteiger partial charge in [-0.3, -0.25) is 4.79 Å². The van der Waals surface area contributed by atoms with E-state index in [4.69, 9.17) is 6.57 Å². The Morgan fingerprint density at radius 1 is 1.00 bits per heavy atom. The second-order valence-electron chi connectivity index (χ2n) is 7.42. The van der Waals surface area contributed by atoms with Crippen LogP contribution in [0.4, 0.5) is 11.4 Å². The Hall–Kier alpha value is -3.58. The molecule has 0 aromatic heterocycles. The molecular weight excluding hydrogens is 358 g/mol. The van der Waals surface area contributed by atoms with Crippen LogP contribution >= 0.6 is 0 Å². The van der Waals surface area contributed by atoms with Crippen molar-refractivity contribution < 1.29 is 4.79 Å². The molecule has 0 saturated carbocycles. The van der Waals surface area contributed by atoms with Crippen LogP contribution in [0.2, 0.25) is 0 Å².